The number of hydrogen-bond acceptors (Lipinski definition) is 1. The molecular weight excluding hydrogens is 256 g/mol. The fraction of sp³-hybridized carbons (Fsp3) is 0.400. The highest BCUT2D eigenvalue weighted by molar-refractivity contribution is 5.71. The molecule has 1 heteroatoms. The van der Waals surface area contributed by atoms with Crippen molar-refractivity contribution in [3.8, 4) is 16.9 Å². The van der Waals surface area contributed by atoms with Gasteiger partial charge in [-0.15, -0.1) is 0 Å². The molecule has 0 aromatic heterocycles. The average molecular weight is 286 g/mol. The Balaban J connectivity index is 0.000000579. The fourth-order valence-corrected chi connectivity index (χ4v) is 1.77. The number of benzene rings is 2. The van der Waals surface area contributed by atoms with E-state index in [0.29, 0.717) is 0 Å². The van der Waals surface area contributed by atoms with Gasteiger partial charge in [-0.2, -0.15) is 0 Å². The number of hydrogen-bond donors (Lipinski definition) is 0. The summed E-state index contributed by atoms with van der Waals surface area (Å²) < 4.78 is 5.43. The van der Waals surface area contributed by atoms with Crippen molar-refractivity contribution < 1.29 is 4.74 Å². The van der Waals surface area contributed by atoms with Gasteiger partial charge in [0.25, 0.3) is 0 Å². The Morgan fingerprint density at radius 2 is 1.38 bits per heavy atom. The molecule has 116 valence electrons. The molecule has 0 saturated heterocycles. The van der Waals surface area contributed by atoms with Gasteiger partial charge in [0, 0.05) is 5.56 Å². The Bertz CT molecular complexity index is 472. The Hall–Kier alpha value is -1.76. The van der Waals surface area contributed by atoms with E-state index in [1.807, 2.05) is 32.0 Å². The predicted molar refractivity (Wildman–Crippen MR) is 95.1 cm³/mol. The van der Waals surface area contributed by atoms with E-state index in [4.69, 9.17) is 4.74 Å². The van der Waals surface area contributed by atoms with Crippen LogP contribution in [0.15, 0.2) is 48.5 Å². The first-order valence-electron chi connectivity index (χ1n) is 7.93. The third-order valence-corrected chi connectivity index (χ3v) is 3.00. The first-order chi connectivity index (χ1) is 10.2. The summed E-state index contributed by atoms with van der Waals surface area (Å²) in [5.74, 6) is 0.962. The van der Waals surface area contributed by atoms with Crippen molar-refractivity contribution in [1.29, 1.82) is 0 Å². The monoisotopic (exact) mass is 286 g/mol. The van der Waals surface area contributed by atoms with Gasteiger partial charge in [-0.3, -0.25) is 0 Å². The van der Waals surface area contributed by atoms with Crippen LogP contribution in [-0.4, -0.2) is 7.11 Å². The molecule has 0 aliphatic carbocycles. The summed E-state index contributed by atoms with van der Waals surface area (Å²) in [6.07, 6.45) is 2.64. The normalized spacial score (nSPS) is 8.86. The standard InChI is InChI=1S/C14H14O.C4H10.C2H6/c1-11-7-6-10-13(14(11)15-2)12-8-4-3-5-9-12;1-3-4-2;1-2/h3-10H,1-2H3;3-4H2,1-2H3;1-2H3. The molecule has 0 fully saturated rings. The third kappa shape index (κ3) is 6.48. The van der Waals surface area contributed by atoms with E-state index in [9.17, 15) is 0 Å². The Labute approximate surface area is 131 Å². The molecule has 2 aromatic rings. The molecule has 0 amide bonds. The summed E-state index contributed by atoms with van der Waals surface area (Å²) >= 11 is 0. The zero-order valence-corrected chi connectivity index (χ0v) is 14.4. The smallest absolute Gasteiger partial charge is 0.129 e. The molecule has 0 saturated carbocycles. The molecule has 2 rings (SSSR count). The molecular formula is C20H30O. The van der Waals surface area contributed by atoms with Crippen LogP contribution in [0.1, 0.15) is 46.1 Å². The van der Waals surface area contributed by atoms with E-state index in [0.717, 1.165) is 11.3 Å². The van der Waals surface area contributed by atoms with Crippen molar-refractivity contribution in [3.63, 3.8) is 0 Å². The topological polar surface area (TPSA) is 9.23 Å². The van der Waals surface area contributed by atoms with E-state index >= 15 is 0 Å². The van der Waals surface area contributed by atoms with Gasteiger partial charge in [-0.25, -0.2) is 0 Å². The highest BCUT2D eigenvalue weighted by atomic mass is 16.5. The Morgan fingerprint density at radius 3 is 1.86 bits per heavy atom. The quantitative estimate of drug-likeness (QED) is 0.625. The minimum atomic E-state index is 0.962. The average Bonchev–Trinajstić information content (AvgIpc) is 2.57. The van der Waals surface area contributed by atoms with Gasteiger partial charge in [0.1, 0.15) is 5.75 Å². The number of methoxy groups -OCH3 is 1. The molecule has 0 bridgehead atoms. The van der Waals surface area contributed by atoms with Gasteiger partial charge in [0.15, 0.2) is 0 Å². The summed E-state index contributed by atoms with van der Waals surface area (Å²) in [7, 11) is 1.72. The number of unbranched alkanes of at least 4 members (excludes halogenated alkanes) is 1. The second kappa shape index (κ2) is 12.0. The first kappa shape index (κ1) is 19.2. The molecule has 0 spiro atoms. The van der Waals surface area contributed by atoms with Crippen LogP contribution in [0.25, 0.3) is 11.1 Å². The van der Waals surface area contributed by atoms with Crippen molar-refractivity contribution in [2.45, 2.75) is 47.5 Å². The maximum atomic E-state index is 5.43. The van der Waals surface area contributed by atoms with Crippen LogP contribution in [0.2, 0.25) is 0 Å². The van der Waals surface area contributed by atoms with Crippen molar-refractivity contribution >= 4 is 0 Å². The maximum absolute atomic E-state index is 5.43. The van der Waals surface area contributed by atoms with Crippen LogP contribution in [0.4, 0.5) is 0 Å². The molecule has 1 nitrogen and oxygen atoms in total. The van der Waals surface area contributed by atoms with Crippen LogP contribution >= 0.6 is 0 Å². The number of rotatable bonds is 3. The fourth-order valence-electron chi connectivity index (χ4n) is 1.77. The molecule has 0 N–H and O–H groups in total. The Kier molecular flexibility index (Phi) is 11.0. The largest absolute Gasteiger partial charge is 0.496 e. The number of aryl methyl sites for hydroxylation is 1. The van der Waals surface area contributed by atoms with E-state index in [1.165, 1.54) is 24.0 Å². The lowest BCUT2D eigenvalue weighted by Crippen LogP contribution is -1.90. The van der Waals surface area contributed by atoms with Crippen LogP contribution in [0, 0.1) is 6.92 Å². The summed E-state index contributed by atoms with van der Waals surface area (Å²) in [6.45, 7) is 10.4. The lowest BCUT2D eigenvalue weighted by Gasteiger charge is -2.10. The predicted octanol–water partition coefficient (Wildman–Crippen LogP) is 6.50. The van der Waals surface area contributed by atoms with Gasteiger partial charge >= 0.3 is 0 Å². The number of ether oxygens (including phenoxy) is 1. The van der Waals surface area contributed by atoms with Gasteiger partial charge in [-0.05, 0) is 18.1 Å². The van der Waals surface area contributed by atoms with Crippen LogP contribution in [0.3, 0.4) is 0 Å². The highest BCUT2D eigenvalue weighted by Gasteiger charge is 2.06. The van der Waals surface area contributed by atoms with Crippen LogP contribution in [-0.2, 0) is 0 Å². The molecule has 0 aliphatic rings. The second-order valence-electron chi connectivity index (χ2n) is 4.52. The molecule has 0 heterocycles. The van der Waals surface area contributed by atoms with Gasteiger partial charge in [0.2, 0.25) is 0 Å². The zero-order chi connectivity index (χ0) is 16.1. The summed E-state index contributed by atoms with van der Waals surface area (Å²) in [6, 6.07) is 16.5. The van der Waals surface area contributed by atoms with E-state index < -0.39 is 0 Å². The van der Waals surface area contributed by atoms with Gasteiger partial charge < -0.3 is 4.74 Å². The van der Waals surface area contributed by atoms with Crippen molar-refractivity contribution in [2.24, 2.45) is 0 Å². The van der Waals surface area contributed by atoms with Crippen LogP contribution < -0.4 is 4.74 Å². The summed E-state index contributed by atoms with van der Waals surface area (Å²) in [5.41, 5.74) is 3.51. The second-order valence-corrected chi connectivity index (χ2v) is 4.52. The van der Waals surface area contributed by atoms with E-state index in [1.54, 1.807) is 7.11 Å². The zero-order valence-electron chi connectivity index (χ0n) is 14.4. The lowest BCUT2D eigenvalue weighted by molar-refractivity contribution is 0.413. The SMILES string of the molecule is CC.CCCC.COc1c(C)cccc1-c1ccccc1. The van der Waals surface area contributed by atoms with Crippen LogP contribution in [0.5, 0.6) is 5.75 Å². The third-order valence-electron chi connectivity index (χ3n) is 3.00. The van der Waals surface area contributed by atoms with E-state index in [2.05, 4.69) is 51.1 Å². The molecule has 0 aliphatic heterocycles. The summed E-state index contributed by atoms with van der Waals surface area (Å²) in [4.78, 5) is 0. The molecule has 0 unspecified atom stereocenters. The molecule has 2 aromatic carbocycles. The molecule has 0 radical (unpaired) electrons. The summed E-state index contributed by atoms with van der Waals surface area (Å²) in [5, 5.41) is 0. The Morgan fingerprint density at radius 1 is 0.810 bits per heavy atom. The van der Waals surface area contributed by atoms with Crippen molar-refractivity contribution in [3.05, 3.63) is 54.1 Å². The highest BCUT2D eigenvalue weighted by Crippen LogP contribution is 2.32. The molecule has 0 atom stereocenters. The van der Waals surface area contributed by atoms with E-state index in [-0.39, 0.29) is 0 Å². The van der Waals surface area contributed by atoms with Gasteiger partial charge in [0.05, 0.1) is 7.11 Å². The van der Waals surface area contributed by atoms with Crippen molar-refractivity contribution in [1.82, 2.24) is 0 Å². The first-order valence-corrected chi connectivity index (χ1v) is 7.93. The van der Waals surface area contributed by atoms with Crippen molar-refractivity contribution in [2.75, 3.05) is 7.11 Å². The minimum absolute atomic E-state index is 0.962. The lowest BCUT2D eigenvalue weighted by atomic mass is 10.0. The number of para-hydroxylation sites is 1. The maximum Gasteiger partial charge on any atom is 0.129 e. The van der Waals surface area contributed by atoms with Gasteiger partial charge in [-0.1, -0.05) is 89.1 Å². The minimum Gasteiger partial charge on any atom is -0.496 e. The molecule has 21 heavy (non-hydrogen) atoms.